The minimum atomic E-state index is -0.148. The van der Waals surface area contributed by atoms with Crippen LogP contribution in [0.3, 0.4) is 0 Å². The Morgan fingerprint density at radius 3 is 2.28 bits per heavy atom. The van der Waals surface area contributed by atoms with Crippen LogP contribution in [0.1, 0.15) is 31.4 Å². The van der Waals surface area contributed by atoms with Crippen molar-refractivity contribution in [1.29, 1.82) is 0 Å². The average Bonchev–Trinajstić information content (AvgIpc) is 3.63. The van der Waals surface area contributed by atoms with E-state index in [1.54, 1.807) is 29.2 Å². The lowest BCUT2D eigenvalue weighted by atomic mass is 10.3. The standard InChI is InChI=1S/C22H26ClN3O3/c1-24-12-2-3-19(24)13-25(17-6-7-17)21(27)14-26(18-8-9-18)22(28)15-29-20-10-4-16(23)5-11-20/h2-5,10-12,17-18H,6-9,13-15H2,1H3. The van der Waals surface area contributed by atoms with Gasteiger partial charge in [-0.3, -0.25) is 9.59 Å². The first-order valence-corrected chi connectivity index (χ1v) is 10.5. The maximum atomic E-state index is 13.1. The van der Waals surface area contributed by atoms with Crippen molar-refractivity contribution >= 4 is 23.4 Å². The van der Waals surface area contributed by atoms with E-state index in [1.807, 2.05) is 34.8 Å². The molecule has 6 nitrogen and oxygen atoms in total. The molecule has 2 aliphatic rings. The molecule has 0 saturated heterocycles. The normalized spacial score (nSPS) is 15.8. The first-order valence-electron chi connectivity index (χ1n) is 10.1. The third-order valence-corrected chi connectivity index (χ3v) is 5.73. The first kappa shape index (κ1) is 19.8. The number of carbonyl (C=O) groups excluding carboxylic acids is 2. The van der Waals surface area contributed by atoms with Gasteiger partial charge in [0.2, 0.25) is 5.91 Å². The summed E-state index contributed by atoms with van der Waals surface area (Å²) in [7, 11) is 1.99. The zero-order valence-corrected chi connectivity index (χ0v) is 17.3. The van der Waals surface area contributed by atoms with Gasteiger partial charge in [0.1, 0.15) is 12.3 Å². The summed E-state index contributed by atoms with van der Waals surface area (Å²) in [5.41, 5.74) is 1.10. The highest BCUT2D eigenvalue weighted by atomic mass is 35.5. The van der Waals surface area contributed by atoms with Crippen molar-refractivity contribution in [1.82, 2.24) is 14.4 Å². The van der Waals surface area contributed by atoms with Crippen LogP contribution in [-0.2, 0) is 23.2 Å². The summed E-state index contributed by atoms with van der Waals surface area (Å²) >= 11 is 5.88. The number of aromatic nitrogens is 1. The number of halogens is 1. The van der Waals surface area contributed by atoms with E-state index in [1.165, 1.54) is 0 Å². The molecule has 2 saturated carbocycles. The fourth-order valence-corrected chi connectivity index (χ4v) is 3.57. The molecular weight excluding hydrogens is 390 g/mol. The molecule has 0 atom stereocenters. The maximum Gasteiger partial charge on any atom is 0.261 e. The molecule has 1 heterocycles. The number of hydrogen-bond acceptors (Lipinski definition) is 3. The Labute approximate surface area is 176 Å². The van der Waals surface area contributed by atoms with Gasteiger partial charge in [-0.05, 0) is 62.1 Å². The molecule has 0 bridgehead atoms. The van der Waals surface area contributed by atoms with Gasteiger partial charge in [-0.15, -0.1) is 0 Å². The Balaban J connectivity index is 1.37. The molecule has 7 heteroatoms. The smallest absolute Gasteiger partial charge is 0.261 e. The topological polar surface area (TPSA) is 54.8 Å². The number of aryl methyl sites for hydroxylation is 1. The van der Waals surface area contributed by atoms with E-state index < -0.39 is 0 Å². The summed E-state index contributed by atoms with van der Waals surface area (Å²) in [5.74, 6) is 0.457. The number of amides is 2. The maximum absolute atomic E-state index is 13.1. The predicted molar refractivity (Wildman–Crippen MR) is 111 cm³/mol. The molecule has 2 aromatic rings. The average molecular weight is 416 g/mol. The Hall–Kier alpha value is -2.47. The van der Waals surface area contributed by atoms with Crippen LogP contribution in [-0.4, -0.2) is 51.4 Å². The fourth-order valence-electron chi connectivity index (χ4n) is 3.44. The second kappa shape index (κ2) is 8.49. The molecule has 1 aromatic carbocycles. The molecule has 4 rings (SSSR count). The lowest BCUT2D eigenvalue weighted by molar-refractivity contribution is -0.142. The van der Waals surface area contributed by atoms with Gasteiger partial charge >= 0.3 is 0 Å². The van der Waals surface area contributed by atoms with Gasteiger partial charge in [0, 0.05) is 36.0 Å². The lowest BCUT2D eigenvalue weighted by Gasteiger charge is -2.28. The molecule has 29 heavy (non-hydrogen) atoms. The fraction of sp³-hybridized carbons (Fsp3) is 0.455. The summed E-state index contributed by atoms with van der Waals surface area (Å²) in [6, 6.07) is 11.4. The zero-order chi connectivity index (χ0) is 20.4. The van der Waals surface area contributed by atoms with E-state index in [0.717, 1.165) is 31.4 Å². The number of nitrogens with zero attached hydrogens (tertiary/aromatic N) is 3. The van der Waals surface area contributed by atoms with Crippen LogP contribution in [0.5, 0.6) is 5.75 Å². The number of benzene rings is 1. The third kappa shape index (κ3) is 5.12. The van der Waals surface area contributed by atoms with E-state index >= 15 is 0 Å². The number of ether oxygens (including phenoxy) is 1. The summed E-state index contributed by atoms with van der Waals surface area (Å²) in [5, 5.41) is 0.618. The minimum absolute atomic E-state index is 0.0143. The second-order valence-corrected chi connectivity index (χ2v) is 8.30. The highest BCUT2D eigenvalue weighted by molar-refractivity contribution is 6.30. The van der Waals surface area contributed by atoms with E-state index in [2.05, 4.69) is 0 Å². The molecule has 0 aliphatic heterocycles. The largest absolute Gasteiger partial charge is 0.484 e. The molecule has 0 spiro atoms. The second-order valence-electron chi connectivity index (χ2n) is 7.86. The molecule has 154 valence electrons. The van der Waals surface area contributed by atoms with E-state index in [0.29, 0.717) is 23.4 Å². The van der Waals surface area contributed by atoms with Crippen LogP contribution in [0.25, 0.3) is 0 Å². The summed E-state index contributed by atoms with van der Waals surface area (Å²) in [6.07, 6.45) is 5.95. The number of rotatable bonds is 9. The Kier molecular flexibility index (Phi) is 5.81. The Bertz CT molecular complexity index is 872. The van der Waals surface area contributed by atoms with Crippen molar-refractivity contribution in [2.24, 2.45) is 7.05 Å². The molecule has 2 fully saturated rings. The first-order chi connectivity index (χ1) is 14.0. The van der Waals surface area contributed by atoms with Gasteiger partial charge in [-0.1, -0.05) is 11.6 Å². The van der Waals surface area contributed by atoms with Gasteiger partial charge in [0.25, 0.3) is 5.91 Å². The van der Waals surface area contributed by atoms with Crippen molar-refractivity contribution in [3.8, 4) is 5.75 Å². The molecular formula is C22H26ClN3O3. The van der Waals surface area contributed by atoms with Gasteiger partial charge < -0.3 is 19.1 Å². The van der Waals surface area contributed by atoms with Crippen molar-refractivity contribution < 1.29 is 14.3 Å². The van der Waals surface area contributed by atoms with E-state index in [9.17, 15) is 9.59 Å². The summed E-state index contributed by atoms with van der Waals surface area (Å²) < 4.78 is 7.64. The van der Waals surface area contributed by atoms with Gasteiger partial charge in [-0.2, -0.15) is 0 Å². The Morgan fingerprint density at radius 2 is 1.69 bits per heavy atom. The van der Waals surface area contributed by atoms with Crippen molar-refractivity contribution in [2.45, 2.75) is 44.3 Å². The van der Waals surface area contributed by atoms with Gasteiger partial charge in [0.15, 0.2) is 6.61 Å². The van der Waals surface area contributed by atoms with Crippen LogP contribution in [0.2, 0.25) is 5.02 Å². The summed E-state index contributed by atoms with van der Waals surface area (Å²) in [6.45, 7) is 0.627. The van der Waals surface area contributed by atoms with Crippen molar-refractivity contribution in [3.05, 3.63) is 53.3 Å². The van der Waals surface area contributed by atoms with Crippen LogP contribution >= 0.6 is 11.6 Å². The van der Waals surface area contributed by atoms with Crippen LogP contribution < -0.4 is 4.74 Å². The highest BCUT2D eigenvalue weighted by Crippen LogP contribution is 2.31. The Morgan fingerprint density at radius 1 is 1.03 bits per heavy atom. The van der Waals surface area contributed by atoms with Gasteiger partial charge in [-0.25, -0.2) is 0 Å². The van der Waals surface area contributed by atoms with Crippen LogP contribution in [0.4, 0.5) is 0 Å². The van der Waals surface area contributed by atoms with E-state index in [-0.39, 0.29) is 31.0 Å². The molecule has 0 radical (unpaired) electrons. The van der Waals surface area contributed by atoms with Crippen molar-refractivity contribution in [3.63, 3.8) is 0 Å². The summed E-state index contributed by atoms with van der Waals surface area (Å²) in [4.78, 5) is 29.5. The molecule has 1 aromatic heterocycles. The SMILES string of the molecule is Cn1cccc1CN(C(=O)CN(C(=O)COc1ccc(Cl)cc1)C1CC1)C1CC1. The van der Waals surface area contributed by atoms with Crippen LogP contribution in [0.15, 0.2) is 42.6 Å². The highest BCUT2D eigenvalue weighted by Gasteiger charge is 2.38. The number of carbonyl (C=O) groups is 2. The van der Waals surface area contributed by atoms with Crippen molar-refractivity contribution in [2.75, 3.05) is 13.2 Å². The number of hydrogen-bond donors (Lipinski definition) is 0. The van der Waals surface area contributed by atoms with Gasteiger partial charge in [0.05, 0.1) is 6.54 Å². The lowest BCUT2D eigenvalue weighted by Crippen LogP contribution is -2.46. The van der Waals surface area contributed by atoms with E-state index in [4.69, 9.17) is 16.3 Å². The molecule has 2 amide bonds. The van der Waals surface area contributed by atoms with Crippen LogP contribution in [0, 0.1) is 0 Å². The molecule has 0 unspecified atom stereocenters. The zero-order valence-electron chi connectivity index (χ0n) is 16.6. The monoisotopic (exact) mass is 415 g/mol. The quantitative estimate of drug-likeness (QED) is 0.631. The third-order valence-electron chi connectivity index (χ3n) is 5.48. The minimum Gasteiger partial charge on any atom is -0.484 e. The predicted octanol–water partition coefficient (Wildman–Crippen LogP) is 3.24. The molecule has 2 aliphatic carbocycles. The molecule has 0 N–H and O–H groups in total.